The number of carbonyl (C=O) groups excluding carboxylic acids is 2. The number of carbonyl (C=O) groups is 2. The number of nitrogens with zero attached hydrogens (tertiary/aromatic N) is 2. The quantitative estimate of drug-likeness (QED) is 0.319. The van der Waals surface area contributed by atoms with Gasteiger partial charge in [0.15, 0.2) is 0 Å². The molecule has 30 heavy (non-hydrogen) atoms. The van der Waals surface area contributed by atoms with Crippen LogP contribution in [0.25, 0.3) is 5.69 Å². The van der Waals surface area contributed by atoms with E-state index < -0.39 is 11.8 Å². The summed E-state index contributed by atoms with van der Waals surface area (Å²) >= 11 is 18.1. The van der Waals surface area contributed by atoms with Crippen molar-refractivity contribution in [3.8, 4) is 5.69 Å². The molecule has 1 aromatic heterocycles. The van der Waals surface area contributed by atoms with Gasteiger partial charge >= 0.3 is 11.8 Å². The topological polar surface area (TPSA) is 75.5 Å². The Balaban J connectivity index is 1.70. The molecule has 2 amide bonds. The third-order valence-corrected chi connectivity index (χ3v) is 4.91. The van der Waals surface area contributed by atoms with Crippen molar-refractivity contribution >= 4 is 58.5 Å². The van der Waals surface area contributed by atoms with Gasteiger partial charge in [-0.05, 0) is 56.3 Å². The van der Waals surface area contributed by atoms with Crippen molar-refractivity contribution in [3.63, 3.8) is 0 Å². The van der Waals surface area contributed by atoms with Gasteiger partial charge in [0.1, 0.15) is 0 Å². The van der Waals surface area contributed by atoms with E-state index >= 15 is 0 Å². The minimum absolute atomic E-state index is 0.412. The van der Waals surface area contributed by atoms with Crippen molar-refractivity contribution in [2.75, 3.05) is 5.32 Å². The van der Waals surface area contributed by atoms with E-state index in [4.69, 9.17) is 34.8 Å². The summed E-state index contributed by atoms with van der Waals surface area (Å²) in [7, 11) is 0. The molecule has 9 heteroatoms. The first-order chi connectivity index (χ1) is 14.2. The van der Waals surface area contributed by atoms with E-state index in [2.05, 4.69) is 15.8 Å². The molecular weight excluding hydrogens is 447 g/mol. The molecule has 0 spiro atoms. The summed E-state index contributed by atoms with van der Waals surface area (Å²) in [6.07, 6.45) is 1.47. The largest absolute Gasteiger partial charge is 0.329 e. The van der Waals surface area contributed by atoms with E-state index in [0.717, 1.165) is 22.6 Å². The summed E-state index contributed by atoms with van der Waals surface area (Å²) in [4.78, 5) is 23.9. The third kappa shape index (κ3) is 5.21. The molecule has 0 saturated carbocycles. The number of nitrogens with one attached hydrogen (secondary N) is 2. The zero-order valence-corrected chi connectivity index (χ0v) is 18.3. The van der Waals surface area contributed by atoms with Crippen LogP contribution < -0.4 is 10.7 Å². The second kappa shape index (κ2) is 9.34. The molecule has 0 fully saturated rings. The normalized spacial score (nSPS) is 11.0. The maximum atomic E-state index is 12.0. The Hall–Kier alpha value is -2.80. The molecule has 0 aliphatic carbocycles. The van der Waals surface area contributed by atoms with Crippen LogP contribution in [0.3, 0.4) is 0 Å². The van der Waals surface area contributed by atoms with Gasteiger partial charge < -0.3 is 9.88 Å². The minimum atomic E-state index is -0.901. The summed E-state index contributed by atoms with van der Waals surface area (Å²) in [6.45, 7) is 3.83. The fourth-order valence-corrected chi connectivity index (χ4v) is 3.65. The van der Waals surface area contributed by atoms with Gasteiger partial charge in [0.25, 0.3) is 0 Å². The Bertz CT molecular complexity index is 1130. The monoisotopic (exact) mass is 462 g/mol. The molecule has 3 aromatic rings. The van der Waals surface area contributed by atoms with Crippen LogP contribution in [-0.2, 0) is 9.59 Å². The highest BCUT2D eigenvalue weighted by molar-refractivity contribution is 6.40. The number of anilines is 1. The average molecular weight is 464 g/mol. The second-order valence-electron chi connectivity index (χ2n) is 6.45. The van der Waals surface area contributed by atoms with Gasteiger partial charge in [-0.1, -0.05) is 40.9 Å². The number of hydrazone groups is 1. The van der Waals surface area contributed by atoms with E-state index in [0.29, 0.717) is 20.8 Å². The molecule has 0 aliphatic heterocycles. The molecule has 2 aromatic carbocycles. The number of amides is 2. The SMILES string of the molecule is Cc1cc(/C=N\NC(=O)C(=O)Nc2cccc(Cl)c2)c(C)n1-c1cc(Cl)cc(Cl)c1. The first kappa shape index (κ1) is 21.9. The molecule has 0 unspecified atom stereocenters. The van der Waals surface area contributed by atoms with Crippen LogP contribution >= 0.6 is 34.8 Å². The van der Waals surface area contributed by atoms with Crippen LogP contribution in [-0.4, -0.2) is 22.6 Å². The minimum Gasteiger partial charge on any atom is -0.318 e. The van der Waals surface area contributed by atoms with Gasteiger partial charge in [-0.3, -0.25) is 9.59 Å². The zero-order valence-electron chi connectivity index (χ0n) is 16.0. The molecule has 0 radical (unpaired) electrons. The third-order valence-electron chi connectivity index (χ3n) is 4.23. The molecule has 0 bridgehead atoms. The van der Waals surface area contributed by atoms with Crippen LogP contribution in [0.5, 0.6) is 0 Å². The average Bonchev–Trinajstić information content (AvgIpc) is 2.94. The van der Waals surface area contributed by atoms with Crippen molar-refractivity contribution in [1.29, 1.82) is 0 Å². The molecule has 3 rings (SSSR count). The van der Waals surface area contributed by atoms with E-state index in [1.165, 1.54) is 12.3 Å². The molecule has 0 saturated heterocycles. The lowest BCUT2D eigenvalue weighted by molar-refractivity contribution is -0.136. The molecule has 0 atom stereocenters. The number of halogens is 3. The van der Waals surface area contributed by atoms with Crippen LogP contribution in [0.4, 0.5) is 5.69 Å². The van der Waals surface area contributed by atoms with Gasteiger partial charge in [0.2, 0.25) is 0 Å². The zero-order chi connectivity index (χ0) is 21.8. The van der Waals surface area contributed by atoms with Gasteiger partial charge in [-0.15, -0.1) is 0 Å². The Labute approximate surface area is 188 Å². The fourth-order valence-electron chi connectivity index (χ4n) is 2.95. The fraction of sp³-hybridized carbons (Fsp3) is 0.0952. The van der Waals surface area contributed by atoms with Gasteiger partial charge in [0.05, 0.1) is 6.21 Å². The first-order valence-corrected chi connectivity index (χ1v) is 9.93. The molecule has 1 heterocycles. The summed E-state index contributed by atoms with van der Waals surface area (Å²) in [5.41, 5.74) is 6.00. The summed E-state index contributed by atoms with van der Waals surface area (Å²) in [6, 6.07) is 13.6. The lowest BCUT2D eigenvalue weighted by Gasteiger charge is -2.10. The maximum absolute atomic E-state index is 12.0. The molecule has 2 N–H and O–H groups in total. The van der Waals surface area contributed by atoms with E-state index in [1.807, 2.05) is 24.5 Å². The maximum Gasteiger partial charge on any atom is 0.329 e. The predicted molar refractivity (Wildman–Crippen MR) is 121 cm³/mol. The Kier molecular flexibility index (Phi) is 6.82. The van der Waals surface area contributed by atoms with Gasteiger partial charge in [-0.25, -0.2) is 5.43 Å². The van der Waals surface area contributed by atoms with E-state index in [-0.39, 0.29) is 0 Å². The Morgan fingerprint density at radius 2 is 1.63 bits per heavy atom. The Morgan fingerprint density at radius 1 is 0.933 bits per heavy atom. The number of aromatic nitrogens is 1. The van der Waals surface area contributed by atoms with Gasteiger partial charge in [0, 0.05) is 43.4 Å². The van der Waals surface area contributed by atoms with E-state index in [1.54, 1.807) is 36.4 Å². The number of hydrogen-bond donors (Lipinski definition) is 2. The highest BCUT2D eigenvalue weighted by Gasteiger charge is 2.14. The van der Waals surface area contributed by atoms with Crippen molar-refractivity contribution in [2.24, 2.45) is 5.10 Å². The van der Waals surface area contributed by atoms with Crippen molar-refractivity contribution in [3.05, 3.63) is 80.6 Å². The lowest BCUT2D eigenvalue weighted by Crippen LogP contribution is -2.32. The summed E-state index contributed by atoms with van der Waals surface area (Å²) < 4.78 is 1.97. The van der Waals surface area contributed by atoms with Crippen LogP contribution in [0, 0.1) is 13.8 Å². The van der Waals surface area contributed by atoms with Crippen LogP contribution in [0.1, 0.15) is 17.0 Å². The number of rotatable bonds is 4. The van der Waals surface area contributed by atoms with E-state index in [9.17, 15) is 9.59 Å². The lowest BCUT2D eigenvalue weighted by atomic mass is 10.2. The highest BCUT2D eigenvalue weighted by Crippen LogP contribution is 2.26. The van der Waals surface area contributed by atoms with Crippen LogP contribution in [0.2, 0.25) is 15.1 Å². The summed E-state index contributed by atoms with van der Waals surface area (Å²) in [5.74, 6) is -1.75. The molecule has 6 nitrogen and oxygen atoms in total. The summed E-state index contributed by atoms with van der Waals surface area (Å²) in [5, 5.41) is 7.84. The smallest absolute Gasteiger partial charge is 0.318 e. The number of benzene rings is 2. The highest BCUT2D eigenvalue weighted by atomic mass is 35.5. The molecule has 154 valence electrons. The van der Waals surface area contributed by atoms with Crippen molar-refractivity contribution in [2.45, 2.75) is 13.8 Å². The first-order valence-electron chi connectivity index (χ1n) is 8.80. The Morgan fingerprint density at radius 3 is 2.30 bits per heavy atom. The van der Waals surface area contributed by atoms with Crippen molar-refractivity contribution in [1.82, 2.24) is 9.99 Å². The second-order valence-corrected chi connectivity index (χ2v) is 7.76. The number of hydrogen-bond acceptors (Lipinski definition) is 3. The van der Waals surface area contributed by atoms with Crippen LogP contribution in [0.15, 0.2) is 53.6 Å². The van der Waals surface area contributed by atoms with Gasteiger partial charge in [-0.2, -0.15) is 5.10 Å². The molecule has 0 aliphatic rings. The number of aryl methyl sites for hydroxylation is 1. The standard InChI is InChI=1S/C21H17Cl3N4O2/c1-12-6-14(13(2)28(12)19-9-16(23)7-17(24)10-19)11-25-27-21(30)20(29)26-18-5-3-4-15(22)8-18/h3-11H,1-2H3,(H,26,29)(H,27,30)/b25-11-. The van der Waals surface area contributed by atoms with Crippen molar-refractivity contribution < 1.29 is 9.59 Å². The predicted octanol–water partition coefficient (Wildman–Crippen LogP) is 5.14. The molecular formula is C21H17Cl3N4O2.